The normalized spacial score (nSPS) is 11.8. The van der Waals surface area contributed by atoms with Gasteiger partial charge in [0.15, 0.2) is 0 Å². The van der Waals surface area contributed by atoms with Gasteiger partial charge in [-0.15, -0.1) is 0 Å². The number of nitrogens with zero attached hydrogens (tertiary/aromatic N) is 2. The maximum Gasteiger partial charge on any atom is 0.244 e. The van der Waals surface area contributed by atoms with Crippen molar-refractivity contribution < 1.29 is 17.9 Å². The number of hydrogen-bond acceptors (Lipinski definition) is 6. The Labute approximate surface area is 116 Å². The molecule has 2 aromatic rings. The van der Waals surface area contributed by atoms with Gasteiger partial charge in [0.2, 0.25) is 10.0 Å². The Kier molecular flexibility index (Phi) is 4.17. The average Bonchev–Trinajstić information content (AvgIpc) is 2.79. The number of aliphatic hydroxyl groups is 1. The van der Waals surface area contributed by atoms with E-state index in [0.29, 0.717) is 11.5 Å². The van der Waals surface area contributed by atoms with Gasteiger partial charge in [-0.2, -0.15) is 0 Å². The Morgan fingerprint density at radius 1 is 1.40 bits per heavy atom. The van der Waals surface area contributed by atoms with E-state index in [-0.39, 0.29) is 29.6 Å². The maximum absolute atomic E-state index is 12.1. The Bertz CT molecular complexity index is 709. The highest BCUT2D eigenvalue weighted by molar-refractivity contribution is 7.89. The first-order valence-corrected chi connectivity index (χ1v) is 7.39. The minimum atomic E-state index is -3.71. The third kappa shape index (κ3) is 3.21. The summed E-state index contributed by atoms with van der Waals surface area (Å²) in [4.78, 5) is 8.07. The largest absolute Gasteiger partial charge is 0.462 e. The van der Waals surface area contributed by atoms with Crippen molar-refractivity contribution in [2.45, 2.75) is 31.9 Å². The zero-order valence-corrected chi connectivity index (χ0v) is 11.9. The minimum absolute atomic E-state index is 0.0207. The Hall–Kier alpha value is -1.77. The summed E-state index contributed by atoms with van der Waals surface area (Å²) >= 11 is 0. The lowest BCUT2D eigenvalue weighted by atomic mass is 10.4. The highest BCUT2D eigenvalue weighted by Crippen LogP contribution is 2.20. The summed E-state index contributed by atoms with van der Waals surface area (Å²) in [5.41, 5.74) is 0.574. The molecular weight excluding hydrogens is 282 g/mol. The van der Waals surface area contributed by atoms with E-state index in [9.17, 15) is 8.42 Å². The molecule has 2 aromatic heterocycles. The highest BCUT2D eigenvalue weighted by Gasteiger charge is 2.21. The summed E-state index contributed by atoms with van der Waals surface area (Å²) in [5.74, 6) is 1.02. The second-order valence-electron chi connectivity index (χ2n) is 4.21. The number of furan rings is 1. The number of sulfonamides is 1. The summed E-state index contributed by atoms with van der Waals surface area (Å²) in [6, 6.07) is 2.94. The highest BCUT2D eigenvalue weighted by atomic mass is 32.2. The van der Waals surface area contributed by atoms with E-state index >= 15 is 0 Å². The molecule has 8 heteroatoms. The molecule has 0 aliphatic rings. The van der Waals surface area contributed by atoms with E-state index in [4.69, 9.17) is 9.52 Å². The molecule has 0 aromatic carbocycles. The topological polar surface area (TPSA) is 105 Å². The van der Waals surface area contributed by atoms with Gasteiger partial charge >= 0.3 is 0 Å². The molecular formula is C12H15N3O4S. The van der Waals surface area contributed by atoms with E-state index in [1.165, 1.54) is 13.0 Å². The third-order valence-electron chi connectivity index (χ3n) is 2.65. The van der Waals surface area contributed by atoms with Crippen molar-refractivity contribution in [2.75, 3.05) is 0 Å². The molecule has 0 spiro atoms. The Morgan fingerprint density at radius 3 is 2.75 bits per heavy atom. The molecule has 0 amide bonds. The molecule has 2 heterocycles. The van der Waals surface area contributed by atoms with Gasteiger partial charge in [0.05, 0.1) is 12.2 Å². The number of hydrogen-bond donors (Lipinski definition) is 2. The van der Waals surface area contributed by atoms with Crippen LogP contribution in [-0.2, 0) is 23.2 Å². The molecule has 0 fully saturated rings. The summed E-state index contributed by atoms with van der Waals surface area (Å²) in [5, 5.41) is 8.95. The fourth-order valence-electron chi connectivity index (χ4n) is 1.72. The minimum Gasteiger partial charge on any atom is -0.462 e. The predicted octanol–water partition coefficient (Wildman–Crippen LogP) is 0.657. The number of aryl methyl sites for hydroxylation is 2. The van der Waals surface area contributed by atoms with Crippen LogP contribution in [0.4, 0.5) is 0 Å². The molecule has 0 saturated heterocycles. The third-order valence-corrected chi connectivity index (χ3v) is 4.15. The predicted molar refractivity (Wildman–Crippen MR) is 70.2 cm³/mol. The summed E-state index contributed by atoms with van der Waals surface area (Å²) < 4.78 is 31.9. The van der Waals surface area contributed by atoms with Crippen LogP contribution in [0.1, 0.15) is 23.0 Å². The van der Waals surface area contributed by atoms with Gasteiger partial charge in [-0.3, -0.25) is 0 Å². The van der Waals surface area contributed by atoms with Gasteiger partial charge in [0.25, 0.3) is 0 Å². The smallest absolute Gasteiger partial charge is 0.244 e. The van der Waals surface area contributed by atoms with E-state index in [1.807, 2.05) is 0 Å². The molecule has 0 aliphatic carbocycles. The summed E-state index contributed by atoms with van der Waals surface area (Å²) in [7, 11) is -3.71. The van der Waals surface area contributed by atoms with Gasteiger partial charge in [-0.05, 0) is 19.9 Å². The molecule has 0 radical (unpaired) electrons. The first-order valence-electron chi connectivity index (χ1n) is 5.91. The van der Waals surface area contributed by atoms with Crippen LogP contribution in [0, 0.1) is 13.8 Å². The molecule has 108 valence electrons. The second-order valence-corrected chi connectivity index (χ2v) is 5.95. The van der Waals surface area contributed by atoms with Crippen LogP contribution in [0.3, 0.4) is 0 Å². The van der Waals surface area contributed by atoms with Gasteiger partial charge in [0, 0.05) is 12.3 Å². The van der Waals surface area contributed by atoms with Crippen molar-refractivity contribution in [1.29, 1.82) is 0 Å². The molecule has 0 aliphatic heterocycles. The monoisotopic (exact) mass is 297 g/mol. The van der Waals surface area contributed by atoms with Crippen LogP contribution in [-0.4, -0.2) is 23.5 Å². The number of nitrogens with one attached hydrogen (secondary N) is 1. The lowest BCUT2D eigenvalue weighted by molar-refractivity contribution is 0.244. The number of aliphatic hydroxyl groups excluding tert-OH is 1. The number of rotatable bonds is 5. The lowest BCUT2D eigenvalue weighted by Crippen LogP contribution is -2.24. The lowest BCUT2D eigenvalue weighted by Gasteiger charge is -2.05. The van der Waals surface area contributed by atoms with E-state index in [0.717, 1.165) is 0 Å². The quantitative estimate of drug-likeness (QED) is 0.839. The molecule has 20 heavy (non-hydrogen) atoms. The SMILES string of the molecule is Cc1nccc(CNS(=O)(=O)c2cc(CO)oc2C)n1. The van der Waals surface area contributed by atoms with Crippen molar-refractivity contribution in [3.63, 3.8) is 0 Å². The molecule has 2 rings (SSSR count). The van der Waals surface area contributed by atoms with Crippen molar-refractivity contribution >= 4 is 10.0 Å². The second kappa shape index (κ2) is 5.70. The fourth-order valence-corrected chi connectivity index (χ4v) is 2.92. The van der Waals surface area contributed by atoms with Crippen LogP contribution in [0.15, 0.2) is 27.6 Å². The maximum atomic E-state index is 12.1. The Morgan fingerprint density at radius 2 is 2.15 bits per heavy atom. The molecule has 0 bridgehead atoms. The van der Waals surface area contributed by atoms with Crippen LogP contribution < -0.4 is 4.72 Å². The van der Waals surface area contributed by atoms with Crippen molar-refractivity contribution in [2.24, 2.45) is 0 Å². The molecule has 0 atom stereocenters. The van der Waals surface area contributed by atoms with Gasteiger partial charge < -0.3 is 9.52 Å². The van der Waals surface area contributed by atoms with E-state index < -0.39 is 10.0 Å². The number of aromatic nitrogens is 2. The van der Waals surface area contributed by atoms with Crippen molar-refractivity contribution in [3.8, 4) is 0 Å². The van der Waals surface area contributed by atoms with Gasteiger partial charge in [-0.25, -0.2) is 23.1 Å². The van der Waals surface area contributed by atoms with Crippen LogP contribution in [0.5, 0.6) is 0 Å². The van der Waals surface area contributed by atoms with E-state index in [1.54, 1.807) is 19.2 Å². The summed E-state index contributed by atoms with van der Waals surface area (Å²) in [6.07, 6.45) is 1.57. The first kappa shape index (κ1) is 14.6. The Balaban J connectivity index is 2.17. The molecule has 0 saturated carbocycles. The fraction of sp³-hybridized carbons (Fsp3) is 0.333. The zero-order chi connectivity index (χ0) is 14.8. The van der Waals surface area contributed by atoms with Crippen molar-refractivity contribution in [3.05, 3.63) is 41.4 Å². The van der Waals surface area contributed by atoms with Gasteiger partial charge in [-0.1, -0.05) is 0 Å². The standard InChI is InChI=1S/C12H15N3O4S/c1-8-12(5-11(7-16)19-8)20(17,18)14-6-10-3-4-13-9(2)15-10/h3-5,14,16H,6-7H2,1-2H3. The zero-order valence-electron chi connectivity index (χ0n) is 11.1. The van der Waals surface area contributed by atoms with E-state index in [2.05, 4.69) is 14.7 Å². The van der Waals surface area contributed by atoms with Crippen LogP contribution >= 0.6 is 0 Å². The van der Waals surface area contributed by atoms with Crippen LogP contribution in [0.2, 0.25) is 0 Å². The first-order chi connectivity index (χ1) is 9.42. The molecule has 7 nitrogen and oxygen atoms in total. The summed E-state index contributed by atoms with van der Waals surface area (Å²) in [6.45, 7) is 2.97. The van der Waals surface area contributed by atoms with Gasteiger partial charge in [0.1, 0.15) is 28.8 Å². The van der Waals surface area contributed by atoms with Crippen LogP contribution in [0.25, 0.3) is 0 Å². The average molecular weight is 297 g/mol. The molecule has 0 unspecified atom stereocenters. The van der Waals surface area contributed by atoms with Crippen molar-refractivity contribution in [1.82, 2.24) is 14.7 Å². The molecule has 2 N–H and O–H groups in total.